The van der Waals surface area contributed by atoms with Crippen molar-refractivity contribution in [2.24, 2.45) is 0 Å². The first-order valence-corrected chi connectivity index (χ1v) is 3.83. The van der Waals surface area contributed by atoms with E-state index in [-0.39, 0.29) is 12.2 Å². The fourth-order valence-corrected chi connectivity index (χ4v) is 1.20. The Labute approximate surface area is 67.5 Å². The minimum Gasteiger partial charge on any atom is -0.349 e. The van der Waals surface area contributed by atoms with Crippen LogP contribution >= 0.6 is 0 Å². The molecule has 2 atom stereocenters. The molecule has 0 amide bonds. The molecule has 0 aromatic carbocycles. The Morgan fingerprint density at radius 3 is 1.91 bits per heavy atom. The molecule has 1 heterocycles. The van der Waals surface area contributed by atoms with Crippen molar-refractivity contribution < 1.29 is 9.47 Å². The fraction of sp³-hybridized carbons (Fsp3) is 0.556. The first kappa shape index (κ1) is 8.50. The fourth-order valence-electron chi connectivity index (χ4n) is 1.20. The molecule has 1 aliphatic rings. The molecule has 2 heteroatoms. The first-order chi connectivity index (χ1) is 5.38. The second-order valence-electron chi connectivity index (χ2n) is 2.58. The molecule has 0 N–H and O–H groups in total. The van der Waals surface area contributed by atoms with Crippen LogP contribution in [0, 0.1) is 0 Å². The SMILES string of the molecule is C=CCC1OCOC1CC=C. The number of hydrogen-bond donors (Lipinski definition) is 0. The summed E-state index contributed by atoms with van der Waals surface area (Å²) in [5, 5.41) is 0. The topological polar surface area (TPSA) is 18.5 Å². The van der Waals surface area contributed by atoms with Gasteiger partial charge in [-0.25, -0.2) is 0 Å². The van der Waals surface area contributed by atoms with Gasteiger partial charge in [0.1, 0.15) is 6.79 Å². The van der Waals surface area contributed by atoms with E-state index in [0.717, 1.165) is 12.8 Å². The Morgan fingerprint density at radius 2 is 1.55 bits per heavy atom. The zero-order chi connectivity index (χ0) is 8.10. The molecular weight excluding hydrogens is 140 g/mol. The van der Waals surface area contributed by atoms with Gasteiger partial charge in [-0.15, -0.1) is 13.2 Å². The molecular formula is C9H14O2. The summed E-state index contributed by atoms with van der Waals surface area (Å²) in [4.78, 5) is 0. The smallest absolute Gasteiger partial charge is 0.147 e. The molecule has 0 radical (unpaired) electrons. The van der Waals surface area contributed by atoms with Crippen LogP contribution in [-0.4, -0.2) is 19.0 Å². The third kappa shape index (κ3) is 2.17. The van der Waals surface area contributed by atoms with Crippen molar-refractivity contribution in [3.8, 4) is 0 Å². The zero-order valence-corrected chi connectivity index (χ0v) is 6.66. The lowest BCUT2D eigenvalue weighted by Gasteiger charge is -2.12. The molecule has 2 nitrogen and oxygen atoms in total. The maximum Gasteiger partial charge on any atom is 0.147 e. The van der Waals surface area contributed by atoms with Crippen LogP contribution in [0.15, 0.2) is 25.3 Å². The molecule has 1 rings (SSSR count). The molecule has 0 aliphatic carbocycles. The molecule has 0 saturated carbocycles. The van der Waals surface area contributed by atoms with E-state index in [4.69, 9.17) is 9.47 Å². The largest absolute Gasteiger partial charge is 0.349 e. The van der Waals surface area contributed by atoms with E-state index in [1.165, 1.54) is 0 Å². The van der Waals surface area contributed by atoms with Gasteiger partial charge in [-0.1, -0.05) is 12.2 Å². The quantitative estimate of drug-likeness (QED) is 0.575. The van der Waals surface area contributed by atoms with Crippen molar-refractivity contribution in [3.05, 3.63) is 25.3 Å². The van der Waals surface area contributed by atoms with E-state index in [1.54, 1.807) is 0 Å². The summed E-state index contributed by atoms with van der Waals surface area (Å²) in [7, 11) is 0. The van der Waals surface area contributed by atoms with Crippen LogP contribution in [0.25, 0.3) is 0 Å². The second kappa shape index (κ2) is 4.31. The highest BCUT2D eigenvalue weighted by atomic mass is 16.7. The van der Waals surface area contributed by atoms with Crippen molar-refractivity contribution in [2.75, 3.05) is 6.79 Å². The van der Waals surface area contributed by atoms with Gasteiger partial charge >= 0.3 is 0 Å². The van der Waals surface area contributed by atoms with Crippen LogP contribution in [0.2, 0.25) is 0 Å². The van der Waals surface area contributed by atoms with E-state index in [2.05, 4.69) is 13.2 Å². The summed E-state index contributed by atoms with van der Waals surface area (Å²) >= 11 is 0. The molecule has 1 aliphatic heterocycles. The van der Waals surface area contributed by atoms with Gasteiger partial charge in [-0.3, -0.25) is 0 Å². The Kier molecular flexibility index (Phi) is 3.33. The maximum atomic E-state index is 5.32. The lowest BCUT2D eigenvalue weighted by atomic mass is 10.1. The summed E-state index contributed by atoms with van der Waals surface area (Å²) < 4.78 is 10.6. The summed E-state index contributed by atoms with van der Waals surface area (Å²) in [5.74, 6) is 0. The van der Waals surface area contributed by atoms with Crippen LogP contribution in [0.3, 0.4) is 0 Å². The Morgan fingerprint density at radius 1 is 1.09 bits per heavy atom. The van der Waals surface area contributed by atoms with E-state index in [0.29, 0.717) is 6.79 Å². The predicted octanol–water partition coefficient (Wildman–Crippen LogP) is 1.88. The molecule has 0 aromatic rings. The minimum atomic E-state index is 0.186. The van der Waals surface area contributed by atoms with E-state index in [9.17, 15) is 0 Å². The molecule has 11 heavy (non-hydrogen) atoms. The minimum absolute atomic E-state index is 0.186. The molecule has 1 fully saturated rings. The highest BCUT2D eigenvalue weighted by molar-refractivity contribution is 4.86. The van der Waals surface area contributed by atoms with Gasteiger partial charge in [-0.2, -0.15) is 0 Å². The Hall–Kier alpha value is -0.600. The van der Waals surface area contributed by atoms with Gasteiger partial charge < -0.3 is 9.47 Å². The Bertz CT molecular complexity index is 126. The average Bonchev–Trinajstić information content (AvgIpc) is 2.39. The lowest BCUT2D eigenvalue weighted by Crippen LogP contribution is -2.20. The number of hydrogen-bond acceptors (Lipinski definition) is 2. The molecule has 2 unspecified atom stereocenters. The van der Waals surface area contributed by atoms with Crippen LogP contribution in [-0.2, 0) is 9.47 Å². The Balaban J connectivity index is 2.36. The summed E-state index contributed by atoms with van der Waals surface area (Å²) in [6, 6.07) is 0. The monoisotopic (exact) mass is 154 g/mol. The number of rotatable bonds is 4. The van der Waals surface area contributed by atoms with E-state index < -0.39 is 0 Å². The summed E-state index contributed by atoms with van der Waals surface area (Å²) in [6.45, 7) is 7.73. The van der Waals surface area contributed by atoms with Gasteiger partial charge in [0.15, 0.2) is 0 Å². The third-order valence-corrected chi connectivity index (χ3v) is 1.78. The van der Waals surface area contributed by atoms with Crippen molar-refractivity contribution in [2.45, 2.75) is 25.0 Å². The molecule has 1 saturated heterocycles. The molecule has 0 spiro atoms. The van der Waals surface area contributed by atoms with Crippen molar-refractivity contribution >= 4 is 0 Å². The number of ether oxygens (including phenoxy) is 2. The van der Waals surface area contributed by atoms with Gasteiger partial charge in [0.2, 0.25) is 0 Å². The predicted molar refractivity (Wildman–Crippen MR) is 44.2 cm³/mol. The van der Waals surface area contributed by atoms with Crippen LogP contribution in [0.1, 0.15) is 12.8 Å². The van der Waals surface area contributed by atoms with Gasteiger partial charge in [-0.05, 0) is 12.8 Å². The third-order valence-electron chi connectivity index (χ3n) is 1.78. The van der Waals surface area contributed by atoms with Crippen molar-refractivity contribution in [1.82, 2.24) is 0 Å². The van der Waals surface area contributed by atoms with Gasteiger partial charge in [0, 0.05) is 0 Å². The zero-order valence-electron chi connectivity index (χ0n) is 6.66. The van der Waals surface area contributed by atoms with Crippen LogP contribution in [0.5, 0.6) is 0 Å². The highest BCUT2D eigenvalue weighted by Gasteiger charge is 2.26. The summed E-state index contributed by atoms with van der Waals surface area (Å²) in [6.07, 6.45) is 5.80. The maximum absolute atomic E-state index is 5.32. The van der Waals surface area contributed by atoms with E-state index >= 15 is 0 Å². The molecule has 0 bridgehead atoms. The average molecular weight is 154 g/mol. The summed E-state index contributed by atoms with van der Waals surface area (Å²) in [5.41, 5.74) is 0. The standard InChI is InChI=1S/C9H14O2/c1-3-5-8-9(6-4-2)11-7-10-8/h3-4,8-9H,1-2,5-7H2. The highest BCUT2D eigenvalue weighted by Crippen LogP contribution is 2.19. The van der Waals surface area contributed by atoms with Crippen LogP contribution < -0.4 is 0 Å². The van der Waals surface area contributed by atoms with Gasteiger partial charge in [0.25, 0.3) is 0 Å². The van der Waals surface area contributed by atoms with E-state index in [1.807, 2.05) is 12.2 Å². The van der Waals surface area contributed by atoms with Crippen molar-refractivity contribution in [1.29, 1.82) is 0 Å². The molecule has 0 aromatic heterocycles. The second-order valence-corrected chi connectivity index (χ2v) is 2.58. The van der Waals surface area contributed by atoms with Crippen LogP contribution in [0.4, 0.5) is 0 Å². The first-order valence-electron chi connectivity index (χ1n) is 3.83. The normalized spacial score (nSPS) is 30.2. The molecule has 62 valence electrons. The van der Waals surface area contributed by atoms with Crippen molar-refractivity contribution in [3.63, 3.8) is 0 Å². The lowest BCUT2D eigenvalue weighted by molar-refractivity contribution is 0.0394. The van der Waals surface area contributed by atoms with Gasteiger partial charge in [0.05, 0.1) is 12.2 Å².